The van der Waals surface area contributed by atoms with Crippen LogP contribution in [0.15, 0.2) is 36.5 Å². The van der Waals surface area contributed by atoms with E-state index < -0.39 is 23.5 Å². The minimum absolute atomic E-state index is 0.00243. The number of benzene rings is 1. The van der Waals surface area contributed by atoms with Crippen LogP contribution in [-0.4, -0.2) is 119 Å². The number of rotatable bonds is 5. The first kappa shape index (κ1) is 34.2. The molecule has 2 N–H and O–H groups in total. The van der Waals surface area contributed by atoms with E-state index in [2.05, 4.69) is 25.8 Å². The molecule has 2 atom stereocenters. The van der Waals surface area contributed by atoms with Crippen LogP contribution in [0.2, 0.25) is 0 Å². The zero-order valence-electron chi connectivity index (χ0n) is 27.2. The zero-order chi connectivity index (χ0) is 33.6. The van der Waals surface area contributed by atoms with E-state index in [1.54, 1.807) is 15.8 Å². The average Bonchev–Trinajstić information content (AvgIpc) is 3.73. The number of amides is 3. The number of alkyl halides is 2. The van der Waals surface area contributed by atoms with E-state index in [0.29, 0.717) is 63.2 Å². The lowest BCUT2D eigenvalue weighted by atomic mass is 9.81. The van der Waals surface area contributed by atoms with Crippen molar-refractivity contribution in [2.75, 3.05) is 52.6 Å². The Morgan fingerprint density at radius 2 is 1.69 bits per heavy atom. The Morgan fingerprint density at radius 1 is 0.938 bits per heavy atom. The zero-order valence-corrected chi connectivity index (χ0v) is 27.2. The van der Waals surface area contributed by atoms with Crippen LogP contribution in [0.3, 0.4) is 0 Å². The lowest BCUT2D eigenvalue weighted by molar-refractivity contribution is -0.142. The highest BCUT2D eigenvalue weighted by molar-refractivity contribution is 5.89. The van der Waals surface area contributed by atoms with Crippen LogP contribution < -0.4 is 15.4 Å². The smallest absolute Gasteiger partial charge is 0.248 e. The van der Waals surface area contributed by atoms with Crippen molar-refractivity contribution in [1.29, 1.82) is 0 Å². The molecule has 0 radical (unpaired) electrons. The lowest BCUT2D eigenvalue weighted by Crippen LogP contribution is -2.60. The van der Waals surface area contributed by atoms with E-state index in [0.717, 1.165) is 0 Å². The SMILES string of the molecule is O=C1COCCOCCNC(=O)[C@@H]2[C@H](n3cc(COc4ccccc4)nn3)CCN2C(=O)CC2(CCN(C3CCC(F)(F)CC3)CC2)N1. The highest BCUT2D eigenvalue weighted by Crippen LogP contribution is 2.38. The van der Waals surface area contributed by atoms with E-state index in [-0.39, 0.29) is 82.6 Å². The summed E-state index contributed by atoms with van der Waals surface area (Å²) < 4.78 is 46.2. The van der Waals surface area contributed by atoms with Gasteiger partial charge in [0.1, 0.15) is 30.7 Å². The number of nitrogens with one attached hydrogen (secondary N) is 2. The van der Waals surface area contributed by atoms with Crippen LogP contribution in [0.4, 0.5) is 8.78 Å². The number of hydrogen-bond acceptors (Lipinski definition) is 9. The summed E-state index contributed by atoms with van der Waals surface area (Å²) in [6.07, 6.45) is 3.79. The van der Waals surface area contributed by atoms with Crippen LogP contribution in [0, 0.1) is 0 Å². The summed E-state index contributed by atoms with van der Waals surface area (Å²) >= 11 is 0. The Bertz CT molecular complexity index is 1390. The van der Waals surface area contributed by atoms with Gasteiger partial charge in [-0.1, -0.05) is 23.4 Å². The Balaban J connectivity index is 1.18. The maximum atomic E-state index is 14.2. The summed E-state index contributed by atoms with van der Waals surface area (Å²) in [6, 6.07) is 8.10. The lowest BCUT2D eigenvalue weighted by Gasteiger charge is -2.46. The molecular weight excluding hydrogens is 628 g/mol. The molecule has 1 spiro atoms. The molecule has 3 saturated heterocycles. The van der Waals surface area contributed by atoms with Crippen molar-refractivity contribution in [3.05, 3.63) is 42.2 Å². The Hall–Kier alpha value is -3.69. The second kappa shape index (κ2) is 15.2. The summed E-state index contributed by atoms with van der Waals surface area (Å²) in [5.74, 6) is -2.81. The number of halogens is 2. The molecule has 3 amide bonds. The molecule has 1 aliphatic carbocycles. The van der Waals surface area contributed by atoms with Crippen LogP contribution in [-0.2, 0) is 30.5 Å². The largest absolute Gasteiger partial charge is 0.487 e. The predicted molar refractivity (Wildman–Crippen MR) is 168 cm³/mol. The van der Waals surface area contributed by atoms with E-state index in [4.69, 9.17) is 14.2 Å². The van der Waals surface area contributed by atoms with Crippen LogP contribution in [0.5, 0.6) is 5.75 Å². The maximum absolute atomic E-state index is 14.2. The summed E-state index contributed by atoms with van der Waals surface area (Å²) in [5, 5.41) is 14.6. The van der Waals surface area contributed by atoms with Crippen molar-refractivity contribution >= 4 is 17.7 Å². The minimum Gasteiger partial charge on any atom is -0.487 e. The van der Waals surface area contributed by atoms with Gasteiger partial charge < -0.3 is 34.6 Å². The van der Waals surface area contributed by atoms with Gasteiger partial charge in [-0.25, -0.2) is 13.5 Å². The van der Waals surface area contributed by atoms with Crippen molar-refractivity contribution in [3.8, 4) is 5.75 Å². The molecule has 3 aliphatic heterocycles. The second-order valence-corrected chi connectivity index (χ2v) is 13.3. The van der Waals surface area contributed by atoms with Gasteiger partial charge in [-0.15, -0.1) is 5.10 Å². The predicted octanol–water partition coefficient (Wildman–Crippen LogP) is 2.08. The fourth-order valence-electron chi connectivity index (χ4n) is 7.38. The molecule has 15 heteroatoms. The van der Waals surface area contributed by atoms with E-state index in [9.17, 15) is 23.2 Å². The number of hydrogen-bond donors (Lipinski definition) is 2. The number of piperidine rings is 1. The molecule has 4 fully saturated rings. The number of likely N-dealkylation sites (tertiary alicyclic amines) is 1. The second-order valence-electron chi connectivity index (χ2n) is 13.3. The van der Waals surface area contributed by atoms with Gasteiger partial charge in [0.05, 0.1) is 44.0 Å². The fourth-order valence-corrected chi connectivity index (χ4v) is 7.38. The third-order valence-electron chi connectivity index (χ3n) is 9.99. The molecule has 0 unspecified atom stereocenters. The molecule has 48 heavy (non-hydrogen) atoms. The summed E-state index contributed by atoms with van der Waals surface area (Å²) in [6.45, 7) is 2.43. The topological polar surface area (TPSA) is 140 Å². The highest BCUT2D eigenvalue weighted by Gasteiger charge is 2.47. The van der Waals surface area contributed by atoms with Gasteiger partial charge in [0.2, 0.25) is 23.6 Å². The van der Waals surface area contributed by atoms with E-state index in [1.807, 2.05) is 30.3 Å². The molecule has 4 aliphatic rings. The molecule has 2 aromatic rings. The van der Waals surface area contributed by atoms with Crippen LogP contribution >= 0.6 is 0 Å². The summed E-state index contributed by atoms with van der Waals surface area (Å²) in [4.78, 5) is 44.8. The summed E-state index contributed by atoms with van der Waals surface area (Å²) in [5.41, 5.74) is -0.280. The monoisotopic (exact) mass is 673 g/mol. The Labute approximate surface area is 278 Å². The van der Waals surface area contributed by atoms with Crippen molar-refractivity contribution < 1.29 is 37.4 Å². The van der Waals surface area contributed by atoms with Crippen molar-refractivity contribution in [2.45, 2.75) is 87.6 Å². The molecule has 13 nitrogen and oxygen atoms in total. The first-order chi connectivity index (χ1) is 23.2. The fraction of sp³-hybridized carbons (Fsp3) is 0.667. The quantitative estimate of drug-likeness (QED) is 0.489. The van der Waals surface area contributed by atoms with Gasteiger partial charge >= 0.3 is 0 Å². The van der Waals surface area contributed by atoms with E-state index >= 15 is 0 Å². The van der Waals surface area contributed by atoms with Crippen molar-refractivity contribution in [2.24, 2.45) is 0 Å². The first-order valence-corrected chi connectivity index (χ1v) is 16.9. The number of para-hydroxylation sites is 1. The standard InChI is InChI=1S/C33H45F2N7O6/c34-33(35)9-6-25(7-10-33)40-15-11-32(12-16-40)20-29(44)41-14-8-27(42-21-24(38-39-42)22-48-26-4-2-1-3-5-26)30(41)31(45)36-13-17-46-18-19-47-23-28(43)37-32/h1-5,21,25,27,30H,6-20,22-23H2,(H,36,45)(H,37,43)/t27-,30+/m1/s1. The molecule has 1 saturated carbocycles. The number of carbonyl (C=O) groups excluding carboxylic acids is 3. The molecule has 0 bridgehead atoms. The van der Waals surface area contributed by atoms with Gasteiger partial charge in [0.25, 0.3) is 0 Å². The van der Waals surface area contributed by atoms with Crippen LogP contribution in [0.1, 0.15) is 63.1 Å². The summed E-state index contributed by atoms with van der Waals surface area (Å²) in [7, 11) is 0. The van der Waals surface area contributed by atoms with E-state index in [1.165, 1.54) is 0 Å². The normalized spacial score (nSPS) is 26.5. The Kier molecular flexibility index (Phi) is 10.9. The number of fused-ring (bicyclic) bond motifs is 1. The van der Waals surface area contributed by atoms with Gasteiger partial charge in [-0.05, 0) is 44.2 Å². The molecule has 4 heterocycles. The minimum atomic E-state index is -2.61. The van der Waals surface area contributed by atoms with Gasteiger partial charge in [0, 0.05) is 45.1 Å². The first-order valence-electron chi connectivity index (χ1n) is 16.9. The molecule has 1 aromatic heterocycles. The highest BCUT2D eigenvalue weighted by atomic mass is 19.3. The number of ether oxygens (including phenoxy) is 3. The van der Waals surface area contributed by atoms with Gasteiger partial charge in [0.15, 0.2) is 0 Å². The Morgan fingerprint density at radius 3 is 2.46 bits per heavy atom. The molecule has 6 rings (SSSR count). The molecular formula is C33H45F2N7O6. The number of aromatic nitrogens is 3. The number of carbonyl (C=O) groups is 3. The average molecular weight is 674 g/mol. The maximum Gasteiger partial charge on any atom is 0.248 e. The third kappa shape index (κ3) is 8.47. The molecule has 262 valence electrons. The van der Waals surface area contributed by atoms with Crippen molar-refractivity contribution in [3.63, 3.8) is 0 Å². The van der Waals surface area contributed by atoms with Gasteiger partial charge in [-0.2, -0.15) is 0 Å². The number of nitrogens with zero attached hydrogens (tertiary/aromatic N) is 5. The van der Waals surface area contributed by atoms with Gasteiger partial charge in [-0.3, -0.25) is 14.4 Å². The van der Waals surface area contributed by atoms with Crippen LogP contribution in [0.25, 0.3) is 0 Å². The third-order valence-corrected chi connectivity index (χ3v) is 9.99. The van der Waals surface area contributed by atoms with Crippen molar-refractivity contribution in [1.82, 2.24) is 35.4 Å². The molecule has 1 aromatic carbocycles.